The maximum Gasteiger partial charge on any atom is 0.311 e. The van der Waals surface area contributed by atoms with Gasteiger partial charge in [-0.1, -0.05) is 6.07 Å². The predicted octanol–water partition coefficient (Wildman–Crippen LogP) is 2.38. The number of carbonyl (C=O) groups is 1. The number of rotatable bonds is 6. The molecule has 0 aliphatic carbocycles. The molecule has 2 aromatic rings. The smallest absolute Gasteiger partial charge is 0.311 e. The van der Waals surface area contributed by atoms with E-state index in [-0.39, 0.29) is 11.4 Å². The number of methoxy groups -OCH3 is 2. The number of ether oxygens (including phenoxy) is 2. The van der Waals surface area contributed by atoms with Crippen LogP contribution < -0.4 is 14.9 Å². The molecule has 0 aliphatic heterocycles. The van der Waals surface area contributed by atoms with Gasteiger partial charge in [-0.05, 0) is 30.3 Å². The molecule has 0 aliphatic rings. The van der Waals surface area contributed by atoms with Crippen molar-refractivity contribution in [3.8, 4) is 11.5 Å². The van der Waals surface area contributed by atoms with Gasteiger partial charge < -0.3 is 9.47 Å². The van der Waals surface area contributed by atoms with Gasteiger partial charge in [0.05, 0.1) is 25.4 Å². The molecule has 0 heterocycles. The third-order valence-electron chi connectivity index (χ3n) is 3.11. The molecule has 1 amide bonds. The normalized spacial score (nSPS) is 10.4. The Balaban J connectivity index is 2.09. The highest BCUT2D eigenvalue weighted by Crippen LogP contribution is 2.26. The highest BCUT2D eigenvalue weighted by atomic mass is 16.6. The molecule has 0 atom stereocenters. The number of hydrazone groups is 1. The van der Waals surface area contributed by atoms with Gasteiger partial charge in [0, 0.05) is 17.2 Å². The number of nitrogens with zero attached hydrogens (tertiary/aromatic N) is 2. The summed E-state index contributed by atoms with van der Waals surface area (Å²) >= 11 is 0. The van der Waals surface area contributed by atoms with Crippen molar-refractivity contribution in [3.05, 3.63) is 63.7 Å². The van der Waals surface area contributed by atoms with Gasteiger partial charge in [-0.15, -0.1) is 0 Å². The summed E-state index contributed by atoms with van der Waals surface area (Å²) in [5, 5.41) is 14.8. The van der Waals surface area contributed by atoms with E-state index in [0.29, 0.717) is 16.9 Å². The fraction of sp³-hybridized carbons (Fsp3) is 0.125. The average molecular weight is 329 g/mol. The maximum absolute atomic E-state index is 12.0. The van der Waals surface area contributed by atoms with Crippen LogP contribution in [-0.4, -0.2) is 31.3 Å². The molecule has 0 radical (unpaired) electrons. The summed E-state index contributed by atoms with van der Waals surface area (Å²) in [5.74, 6) is 0.281. The van der Waals surface area contributed by atoms with E-state index in [1.165, 1.54) is 32.6 Å². The van der Waals surface area contributed by atoms with Crippen LogP contribution >= 0.6 is 0 Å². The van der Waals surface area contributed by atoms with Gasteiger partial charge in [0.1, 0.15) is 5.75 Å². The fourth-order valence-electron chi connectivity index (χ4n) is 1.92. The molecule has 0 saturated heterocycles. The number of hydrogen-bond donors (Lipinski definition) is 1. The predicted molar refractivity (Wildman–Crippen MR) is 87.7 cm³/mol. The highest BCUT2D eigenvalue weighted by molar-refractivity contribution is 5.95. The van der Waals surface area contributed by atoms with Gasteiger partial charge in [-0.3, -0.25) is 14.9 Å². The third kappa shape index (κ3) is 4.07. The van der Waals surface area contributed by atoms with Crippen molar-refractivity contribution in [2.24, 2.45) is 5.10 Å². The lowest BCUT2D eigenvalue weighted by Gasteiger charge is -2.03. The Morgan fingerprint density at radius 1 is 1.21 bits per heavy atom. The monoisotopic (exact) mass is 329 g/mol. The molecule has 0 fully saturated rings. The molecule has 0 saturated carbocycles. The minimum absolute atomic E-state index is 0.151. The Hall–Kier alpha value is -3.42. The molecule has 0 bridgehead atoms. The summed E-state index contributed by atoms with van der Waals surface area (Å²) in [6.45, 7) is 0. The molecular formula is C16H15N3O5. The van der Waals surface area contributed by atoms with Crippen LogP contribution in [0.1, 0.15) is 15.9 Å². The first kappa shape index (κ1) is 16.9. The van der Waals surface area contributed by atoms with Crippen molar-refractivity contribution in [1.82, 2.24) is 5.43 Å². The number of benzene rings is 2. The standard InChI is InChI=1S/C16H15N3O5/c1-23-13-5-3-4-12(9-13)16(20)18-17-10-11-6-7-15(24-2)14(8-11)19(21)22/h3-10H,1-2H3,(H,18,20)/b17-10-. The largest absolute Gasteiger partial charge is 0.497 e. The van der Waals surface area contributed by atoms with E-state index in [4.69, 9.17) is 9.47 Å². The lowest BCUT2D eigenvalue weighted by atomic mass is 10.2. The van der Waals surface area contributed by atoms with Crippen LogP contribution in [0.25, 0.3) is 0 Å². The zero-order chi connectivity index (χ0) is 17.5. The van der Waals surface area contributed by atoms with E-state index in [1.807, 2.05) is 0 Å². The van der Waals surface area contributed by atoms with Crippen LogP contribution in [0.15, 0.2) is 47.6 Å². The zero-order valence-corrected chi connectivity index (χ0v) is 13.1. The first-order chi connectivity index (χ1) is 11.5. The molecule has 0 unspecified atom stereocenters. The summed E-state index contributed by atoms with van der Waals surface area (Å²) in [4.78, 5) is 22.4. The Labute approximate surface area is 137 Å². The maximum atomic E-state index is 12.0. The minimum atomic E-state index is -0.551. The van der Waals surface area contributed by atoms with Crippen LogP contribution in [0.5, 0.6) is 11.5 Å². The zero-order valence-electron chi connectivity index (χ0n) is 13.1. The number of hydrogen-bond acceptors (Lipinski definition) is 6. The minimum Gasteiger partial charge on any atom is -0.497 e. The summed E-state index contributed by atoms with van der Waals surface area (Å²) < 4.78 is 9.96. The number of amides is 1. The van der Waals surface area contributed by atoms with Crippen molar-refractivity contribution < 1.29 is 19.2 Å². The van der Waals surface area contributed by atoms with Gasteiger partial charge in [0.25, 0.3) is 5.91 Å². The van der Waals surface area contributed by atoms with E-state index in [1.54, 1.807) is 30.3 Å². The van der Waals surface area contributed by atoms with Crippen molar-refractivity contribution in [2.75, 3.05) is 14.2 Å². The van der Waals surface area contributed by atoms with Gasteiger partial charge in [0.15, 0.2) is 5.75 Å². The average Bonchev–Trinajstić information content (AvgIpc) is 2.61. The summed E-state index contributed by atoms with van der Waals surface area (Å²) in [6, 6.07) is 11.0. The van der Waals surface area contributed by atoms with Crippen molar-refractivity contribution in [3.63, 3.8) is 0 Å². The Morgan fingerprint density at radius 3 is 2.67 bits per heavy atom. The second-order valence-electron chi connectivity index (χ2n) is 4.62. The Kier molecular flexibility index (Phi) is 5.45. The second kappa shape index (κ2) is 7.73. The van der Waals surface area contributed by atoms with Gasteiger partial charge in [-0.2, -0.15) is 5.10 Å². The van der Waals surface area contributed by atoms with E-state index in [0.717, 1.165) is 0 Å². The molecule has 0 spiro atoms. The lowest BCUT2D eigenvalue weighted by molar-refractivity contribution is -0.385. The molecule has 24 heavy (non-hydrogen) atoms. The van der Waals surface area contributed by atoms with E-state index < -0.39 is 10.8 Å². The van der Waals surface area contributed by atoms with Crippen LogP contribution in [0, 0.1) is 10.1 Å². The molecule has 124 valence electrons. The van der Waals surface area contributed by atoms with Crippen LogP contribution in [0.2, 0.25) is 0 Å². The number of nitrogens with one attached hydrogen (secondary N) is 1. The topological polar surface area (TPSA) is 103 Å². The SMILES string of the molecule is COc1cccc(C(=O)N/N=C\c2ccc(OC)c([N+](=O)[O-])c2)c1. The summed E-state index contributed by atoms with van der Waals surface area (Å²) in [7, 11) is 2.86. The lowest BCUT2D eigenvalue weighted by Crippen LogP contribution is -2.17. The van der Waals surface area contributed by atoms with Gasteiger partial charge in [0.2, 0.25) is 0 Å². The van der Waals surface area contributed by atoms with Crippen LogP contribution in [0.3, 0.4) is 0 Å². The summed E-state index contributed by atoms with van der Waals surface area (Å²) in [5.41, 5.74) is 3.00. The van der Waals surface area contributed by atoms with Crippen molar-refractivity contribution in [2.45, 2.75) is 0 Å². The van der Waals surface area contributed by atoms with E-state index in [9.17, 15) is 14.9 Å². The third-order valence-corrected chi connectivity index (χ3v) is 3.11. The van der Waals surface area contributed by atoms with E-state index in [2.05, 4.69) is 10.5 Å². The van der Waals surface area contributed by atoms with Crippen molar-refractivity contribution in [1.29, 1.82) is 0 Å². The first-order valence-electron chi connectivity index (χ1n) is 6.85. The molecule has 0 aromatic heterocycles. The number of nitro groups is 1. The molecule has 8 heteroatoms. The van der Waals surface area contributed by atoms with Crippen LogP contribution in [0.4, 0.5) is 5.69 Å². The summed E-state index contributed by atoms with van der Waals surface area (Å²) in [6.07, 6.45) is 1.31. The molecule has 2 rings (SSSR count). The van der Waals surface area contributed by atoms with Crippen LogP contribution in [-0.2, 0) is 0 Å². The first-order valence-corrected chi connectivity index (χ1v) is 6.85. The molecule has 8 nitrogen and oxygen atoms in total. The van der Waals surface area contributed by atoms with Gasteiger partial charge >= 0.3 is 5.69 Å². The second-order valence-corrected chi connectivity index (χ2v) is 4.62. The number of carbonyl (C=O) groups excluding carboxylic acids is 1. The molecule has 2 aromatic carbocycles. The Morgan fingerprint density at radius 2 is 2.00 bits per heavy atom. The number of nitro benzene ring substituents is 1. The molecular weight excluding hydrogens is 314 g/mol. The highest BCUT2D eigenvalue weighted by Gasteiger charge is 2.14. The van der Waals surface area contributed by atoms with E-state index >= 15 is 0 Å². The molecule has 1 N–H and O–H groups in total. The van der Waals surface area contributed by atoms with Crippen molar-refractivity contribution >= 4 is 17.8 Å². The van der Waals surface area contributed by atoms with Gasteiger partial charge in [-0.25, -0.2) is 5.43 Å². The Bertz CT molecular complexity index is 789. The fourth-order valence-corrected chi connectivity index (χ4v) is 1.92. The quantitative estimate of drug-likeness (QED) is 0.498.